The first-order valence-electron chi connectivity index (χ1n) is 7.57. The Hall–Kier alpha value is -2.34. The van der Waals surface area contributed by atoms with E-state index >= 15 is 0 Å². The van der Waals surface area contributed by atoms with Gasteiger partial charge in [-0.1, -0.05) is 18.2 Å². The molecule has 2 amide bonds. The average Bonchev–Trinajstić information content (AvgIpc) is 2.96. The van der Waals surface area contributed by atoms with Gasteiger partial charge in [0.2, 0.25) is 0 Å². The summed E-state index contributed by atoms with van der Waals surface area (Å²) in [5.74, 6) is 0. The van der Waals surface area contributed by atoms with Crippen LogP contribution in [0.2, 0.25) is 0 Å². The molecule has 2 heterocycles. The number of amides is 2. The summed E-state index contributed by atoms with van der Waals surface area (Å²) in [6.07, 6.45) is 7.10. The van der Waals surface area contributed by atoms with Crippen LogP contribution in [-0.2, 0) is 11.3 Å². The van der Waals surface area contributed by atoms with Crippen molar-refractivity contribution in [3.05, 3.63) is 42.7 Å². The molecule has 0 saturated carbocycles. The normalized spacial score (nSPS) is 17.9. The minimum absolute atomic E-state index is 0.222. The highest BCUT2D eigenvalue weighted by atomic mass is 16.5. The van der Waals surface area contributed by atoms with Crippen molar-refractivity contribution in [2.75, 3.05) is 17.2 Å². The van der Waals surface area contributed by atoms with Crippen LogP contribution in [0.4, 0.5) is 16.2 Å². The van der Waals surface area contributed by atoms with Crippen molar-refractivity contribution >= 4 is 17.4 Å². The van der Waals surface area contributed by atoms with Gasteiger partial charge < -0.3 is 15.4 Å². The molecule has 1 saturated heterocycles. The molecule has 0 radical (unpaired) electrons. The molecule has 22 heavy (non-hydrogen) atoms. The second kappa shape index (κ2) is 7.09. The summed E-state index contributed by atoms with van der Waals surface area (Å²) in [6.45, 7) is 1.55. The Morgan fingerprint density at radius 3 is 2.82 bits per heavy atom. The predicted octanol–water partition coefficient (Wildman–Crippen LogP) is 3.10. The predicted molar refractivity (Wildman–Crippen MR) is 84.9 cm³/mol. The Bertz CT molecular complexity index is 606. The number of hydrogen-bond acceptors (Lipinski definition) is 3. The zero-order chi connectivity index (χ0) is 15.2. The third-order valence-electron chi connectivity index (χ3n) is 3.59. The van der Waals surface area contributed by atoms with Crippen molar-refractivity contribution in [3.63, 3.8) is 0 Å². The van der Waals surface area contributed by atoms with E-state index in [0.29, 0.717) is 5.69 Å². The lowest BCUT2D eigenvalue weighted by Gasteiger charge is -2.22. The zero-order valence-electron chi connectivity index (χ0n) is 12.4. The summed E-state index contributed by atoms with van der Waals surface area (Å²) >= 11 is 0. The fourth-order valence-electron chi connectivity index (χ4n) is 2.50. The summed E-state index contributed by atoms with van der Waals surface area (Å²) in [5, 5.41) is 9.81. The molecule has 1 atom stereocenters. The van der Waals surface area contributed by atoms with E-state index in [1.807, 2.05) is 41.2 Å². The number of urea groups is 1. The van der Waals surface area contributed by atoms with Crippen LogP contribution in [-0.4, -0.2) is 28.5 Å². The molecule has 1 fully saturated rings. The average molecular weight is 300 g/mol. The molecule has 1 aromatic carbocycles. The first-order valence-corrected chi connectivity index (χ1v) is 7.57. The van der Waals surface area contributed by atoms with Gasteiger partial charge in [0.1, 0.15) is 0 Å². The topological polar surface area (TPSA) is 68.2 Å². The van der Waals surface area contributed by atoms with Crippen LogP contribution in [0, 0.1) is 0 Å². The number of nitrogens with zero attached hydrogens (tertiary/aromatic N) is 2. The molecule has 0 aliphatic carbocycles. The van der Waals surface area contributed by atoms with E-state index in [1.165, 1.54) is 6.42 Å². The van der Waals surface area contributed by atoms with Gasteiger partial charge >= 0.3 is 6.03 Å². The van der Waals surface area contributed by atoms with Gasteiger partial charge in [0.25, 0.3) is 0 Å². The van der Waals surface area contributed by atoms with Crippen molar-refractivity contribution in [3.8, 4) is 0 Å². The van der Waals surface area contributed by atoms with E-state index in [4.69, 9.17) is 4.74 Å². The van der Waals surface area contributed by atoms with Crippen LogP contribution in [0.15, 0.2) is 42.7 Å². The van der Waals surface area contributed by atoms with E-state index < -0.39 is 0 Å². The Balaban J connectivity index is 1.51. The van der Waals surface area contributed by atoms with Crippen LogP contribution >= 0.6 is 0 Å². The highest BCUT2D eigenvalue weighted by Crippen LogP contribution is 2.15. The third kappa shape index (κ3) is 4.08. The zero-order valence-corrected chi connectivity index (χ0v) is 12.4. The van der Waals surface area contributed by atoms with E-state index in [2.05, 4.69) is 15.7 Å². The number of aromatic nitrogens is 2. The standard InChI is InChI=1S/C16H20N4O2/c21-16(18-13-6-2-1-3-7-13)19-14-10-17-20(11-14)12-15-8-4-5-9-22-15/h1-3,6-7,10-11,15H,4-5,8-9,12H2,(H2,18,19,21)/t15-/m0/s1. The molecule has 116 valence electrons. The number of carbonyl (C=O) groups is 1. The Kier molecular flexibility index (Phi) is 4.70. The summed E-state index contributed by atoms with van der Waals surface area (Å²) < 4.78 is 7.50. The van der Waals surface area contributed by atoms with Gasteiger partial charge in [0.15, 0.2) is 0 Å². The van der Waals surface area contributed by atoms with Crippen LogP contribution < -0.4 is 10.6 Å². The number of benzene rings is 1. The molecule has 0 unspecified atom stereocenters. The SMILES string of the molecule is O=C(Nc1ccccc1)Nc1cnn(C[C@@H]2CCCCO2)c1. The Morgan fingerprint density at radius 2 is 2.05 bits per heavy atom. The maximum Gasteiger partial charge on any atom is 0.323 e. The number of anilines is 2. The lowest BCUT2D eigenvalue weighted by Crippen LogP contribution is -2.24. The largest absolute Gasteiger partial charge is 0.376 e. The number of hydrogen-bond donors (Lipinski definition) is 2. The van der Waals surface area contributed by atoms with Crippen LogP contribution in [0.5, 0.6) is 0 Å². The minimum Gasteiger partial charge on any atom is -0.376 e. The Morgan fingerprint density at radius 1 is 1.23 bits per heavy atom. The van der Waals surface area contributed by atoms with Gasteiger partial charge in [-0.2, -0.15) is 5.10 Å². The number of ether oxygens (including phenoxy) is 1. The molecular weight excluding hydrogens is 280 g/mol. The third-order valence-corrected chi connectivity index (χ3v) is 3.59. The summed E-state index contributed by atoms with van der Waals surface area (Å²) in [6, 6.07) is 9.04. The van der Waals surface area contributed by atoms with E-state index in [-0.39, 0.29) is 12.1 Å². The molecule has 1 aliphatic heterocycles. The van der Waals surface area contributed by atoms with Crippen molar-refractivity contribution in [2.24, 2.45) is 0 Å². The molecule has 1 aliphatic rings. The summed E-state index contributed by atoms with van der Waals surface area (Å²) in [4.78, 5) is 11.9. The molecule has 6 heteroatoms. The highest BCUT2D eigenvalue weighted by Gasteiger charge is 2.15. The highest BCUT2D eigenvalue weighted by molar-refractivity contribution is 5.99. The fraction of sp³-hybridized carbons (Fsp3) is 0.375. The monoisotopic (exact) mass is 300 g/mol. The second-order valence-electron chi connectivity index (χ2n) is 5.38. The second-order valence-corrected chi connectivity index (χ2v) is 5.38. The first kappa shape index (κ1) is 14.6. The van der Waals surface area contributed by atoms with E-state index in [1.54, 1.807) is 6.20 Å². The van der Waals surface area contributed by atoms with Gasteiger partial charge in [0.05, 0.1) is 24.5 Å². The van der Waals surface area contributed by atoms with Gasteiger partial charge in [-0.25, -0.2) is 4.79 Å². The number of carbonyl (C=O) groups excluding carboxylic acids is 1. The van der Waals surface area contributed by atoms with Crippen LogP contribution in [0.1, 0.15) is 19.3 Å². The minimum atomic E-state index is -0.278. The maximum atomic E-state index is 11.9. The molecule has 0 spiro atoms. The van der Waals surface area contributed by atoms with Crippen molar-refractivity contribution < 1.29 is 9.53 Å². The molecule has 1 aromatic heterocycles. The molecular formula is C16H20N4O2. The summed E-state index contributed by atoms with van der Waals surface area (Å²) in [5.41, 5.74) is 1.42. The molecule has 6 nitrogen and oxygen atoms in total. The van der Waals surface area contributed by atoms with Crippen molar-refractivity contribution in [2.45, 2.75) is 31.9 Å². The molecule has 0 bridgehead atoms. The van der Waals surface area contributed by atoms with Gasteiger partial charge in [0, 0.05) is 18.5 Å². The number of nitrogens with one attached hydrogen (secondary N) is 2. The van der Waals surface area contributed by atoms with Crippen LogP contribution in [0.25, 0.3) is 0 Å². The fourth-order valence-corrected chi connectivity index (χ4v) is 2.50. The number of para-hydroxylation sites is 1. The van der Waals surface area contributed by atoms with Crippen LogP contribution in [0.3, 0.4) is 0 Å². The lowest BCUT2D eigenvalue weighted by molar-refractivity contribution is 0.00401. The van der Waals surface area contributed by atoms with Crippen molar-refractivity contribution in [1.82, 2.24) is 9.78 Å². The molecule has 3 rings (SSSR count). The van der Waals surface area contributed by atoms with Gasteiger partial charge in [-0.05, 0) is 31.4 Å². The smallest absolute Gasteiger partial charge is 0.323 e. The molecule has 2 aromatic rings. The van der Waals surface area contributed by atoms with E-state index in [9.17, 15) is 4.79 Å². The number of rotatable bonds is 4. The summed E-state index contributed by atoms with van der Waals surface area (Å²) in [7, 11) is 0. The maximum absolute atomic E-state index is 11.9. The first-order chi connectivity index (χ1) is 10.8. The van der Waals surface area contributed by atoms with Gasteiger partial charge in [-0.3, -0.25) is 4.68 Å². The lowest BCUT2D eigenvalue weighted by atomic mass is 10.1. The Labute approximate surface area is 129 Å². The van der Waals surface area contributed by atoms with Crippen molar-refractivity contribution in [1.29, 1.82) is 0 Å². The van der Waals surface area contributed by atoms with Gasteiger partial charge in [-0.15, -0.1) is 0 Å². The van der Waals surface area contributed by atoms with E-state index in [0.717, 1.165) is 31.7 Å². The quantitative estimate of drug-likeness (QED) is 0.911. The molecule has 2 N–H and O–H groups in total.